The van der Waals surface area contributed by atoms with Gasteiger partial charge in [0.2, 0.25) is 0 Å². The maximum absolute atomic E-state index is 12.5. The molecule has 0 aliphatic heterocycles. The highest BCUT2D eigenvalue weighted by molar-refractivity contribution is 6.18. The Morgan fingerprint density at radius 2 is 1.90 bits per heavy atom. The van der Waals surface area contributed by atoms with Gasteiger partial charge in [0.1, 0.15) is 0 Å². The number of aliphatic hydroxyl groups is 1. The van der Waals surface area contributed by atoms with Crippen LogP contribution in [-0.2, 0) is 0 Å². The quantitative estimate of drug-likeness (QED) is 0.513. The van der Waals surface area contributed by atoms with E-state index in [1.165, 1.54) is 0 Å². The van der Waals surface area contributed by atoms with Gasteiger partial charge in [0.25, 0.3) is 0 Å². The minimum Gasteiger partial charge on any atom is -0.390 e. The van der Waals surface area contributed by atoms with Crippen LogP contribution in [0.15, 0.2) is 47.3 Å². The van der Waals surface area contributed by atoms with E-state index in [1.807, 2.05) is 36.4 Å². The second kappa shape index (κ2) is 5.76. The Balaban J connectivity index is 2.16. The zero-order valence-electron chi connectivity index (χ0n) is 11.3. The van der Waals surface area contributed by atoms with Gasteiger partial charge < -0.3 is 15.4 Å². The third-order valence-corrected chi connectivity index (χ3v) is 3.80. The average Bonchev–Trinajstić information content (AvgIpc) is 2.53. The lowest BCUT2D eigenvalue weighted by Crippen LogP contribution is -2.21. The topological polar surface area (TPSA) is 65.1 Å². The van der Waals surface area contributed by atoms with E-state index < -0.39 is 6.10 Å². The molecular formula is C16H15ClN2O2. The lowest BCUT2D eigenvalue weighted by Gasteiger charge is -2.12. The molecule has 2 aromatic carbocycles. The zero-order chi connectivity index (χ0) is 14.8. The Hall–Kier alpha value is -2.04. The van der Waals surface area contributed by atoms with Gasteiger partial charge in [-0.15, -0.1) is 11.6 Å². The van der Waals surface area contributed by atoms with Crippen molar-refractivity contribution in [1.29, 1.82) is 0 Å². The monoisotopic (exact) mass is 302 g/mol. The van der Waals surface area contributed by atoms with Crippen molar-refractivity contribution in [3.8, 4) is 0 Å². The Labute approximate surface area is 126 Å². The summed E-state index contributed by atoms with van der Waals surface area (Å²) in [5.41, 5.74) is 2.31. The average molecular weight is 303 g/mol. The molecule has 3 aromatic rings. The molecule has 3 rings (SSSR count). The smallest absolute Gasteiger partial charge is 0.197 e. The van der Waals surface area contributed by atoms with Crippen LogP contribution in [0, 0.1) is 0 Å². The summed E-state index contributed by atoms with van der Waals surface area (Å²) in [4.78, 5) is 15.8. The first-order valence-electron chi connectivity index (χ1n) is 6.72. The standard InChI is InChI=1S/C16H15ClN2O2/c17-8-10(20)9-18-14-7-3-5-12-15(14)19-13-6-2-1-4-11(13)16(12)21/h1-7,10,18,20H,8-9H2,(H,19,21). The first kappa shape index (κ1) is 13.9. The predicted octanol–water partition coefficient (Wildman–Crippen LogP) is 2.69. The number of H-pyrrole nitrogens is 1. The molecule has 0 amide bonds. The fourth-order valence-corrected chi connectivity index (χ4v) is 2.48. The van der Waals surface area contributed by atoms with Gasteiger partial charge in [-0.1, -0.05) is 18.2 Å². The number of rotatable bonds is 4. The number of hydrogen-bond acceptors (Lipinski definition) is 3. The molecule has 0 saturated heterocycles. The molecule has 0 saturated carbocycles. The van der Waals surface area contributed by atoms with E-state index >= 15 is 0 Å². The Morgan fingerprint density at radius 1 is 1.14 bits per heavy atom. The largest absolute Gasteiger partial charge is 0.390 e. The minimum absolute atomic E-state index is 0.000826. The number of pyridine rings is 1. The van der Waals surface area contributed by atoms with Crippen LogP contribution in [0.3, 0.4) is 0 Å². The number of hydrogen-bond donors (Lipinski definition) is 3. The van der Waals surface area contributed by atoms with Crippen molar-refractivity contribution < 1.29 is 5.11 Å². The van der Waals surface area contributed by atoms with Crippen LogP contribution >= 0.6 is 11.6 Å². The Bertz CT molecular complexity index is 844. The van der Waals surface area contributed by atoms with Crippen LogP contribution in [-0.4, -0.2) is 28.6 Å². The number of para-hydroxylation sites is 2. The first-order chi connectivity index (χ1) is 10.2. The summed E-state index contributed by atoms with van der Waals surface area (Å²) < 4.78 is 0. The second-order valence-corrected chi connectivity index (χ2v) is 5.23. The van der Waals surface area contributed by atoms with Crippen LogP contribution in [0.1, 0.15) is 0 Å². The molecule has 0 aliphatic rings. The number of fused-ring (bicyclic) bond motifs is 2. The number of nitrogens with one attached hydrogen (secondary N) is 2. The fraction of sp³-hybridized carbons (Fsp3) is 0.188. The van der Waals surface area contributed by atoms with E-state index in [0.29, 0.717) is 17.3 Å². The number of aromatic nitrogens is 1. The highest BCUT2D eigenvalue weighted by Gasteiger charge is 2.09. The number of halogens is 1. The second-order valence-electron chi connectivity index (χ2n) is 4.92. The van der Waals surface area contributed by atoms with Crippen molar-refractivity contribution in [1.82, 2.24) is 4.98 Å². The van der Waals surface area contributed by atoms with Gasteiger partial charge >= 0.3 is 0 Å². The zero-order valence-corrected chi connectivity index (χ0v) is 12.0. The van der Waals surface area contributed by atoms with E-state index in [-0.39, 0.29) is 11.3 Å². The molecule has 0 radical (unpaired) electrons. The minimum atomic E-state index is -0.630. The summed E-state index contributed by atoms with van der Waals surface area (Å²) in [5.74, 6) is 0.164. The molecule has 1 atom stereocenters. The maximum atomic E-state index is 12.5. The molecule has 5 heteroatoms. The normalized spacial score (nSPS) is 12.7. The molecule has 3 N–H and O–H groups in total. The number of benzene rings is 2. The summed E-state index contributed by atoms with van der Waals surface area (Å²) >= 11 is 5.59. The Kier molecular flexibility index (Phi) is 3.82. The molecule has 4 nitrogen and oxygen atoms in total. The number of aliphatic hydroxyl groups excluding tert-OH is 1. The van der Waals surface area contributed by atoms with Gasteiger partial charge in [-0.25, -0.2) is 0 Å². The van der Waals surface area contributed by atoms with Crippen LogP contribution in [0.4, 0.5) is 5.69 Å². The van der Waals surface area contributed by atoms with Gasteiger partial charge in [0, 0.05) is 22.8 Å². The molecule has 0 fully saturated rings. The molecular weight excluding hydrogens is 288 g/mol. The van der Waals surface area contributed by atoms with Gasteiger partial charge in [-0.2, -0.15) is 0 Å². The molecule has 21 heavy (non-hydrogen) atoms. The van der Waals surface area contributed by atoms with Crippen molar-refractivity contribution in [3.63, 3.8) is 0 Å². The SMILES string of the molecule is O=c1c2ccccc2[nH]c2c(NCC(O)CCl)cccc12. The van der Waals surface area contributed by atoms with Gasteiger partial charge in [0.05, 0.1) is 23.2 Å². The predicted molar refractivity (Wildman–Crippen MR) is 87.3 cm³/mol. The van der Waals surface area contributed by atoms with E-state index in [0.717, 1.165) is 16.7 Å². The summed E-state index contributed by atoms with van der Waals surface area (Å²) in [5, 5.41) is 14.0. The van der Waals surface area contributed by atoms with E-state index in [2.05, 4.69) is 10.3 Å². The summed E-state index contributed by atoms with van der Waals surface area (Å²) in [6, 6.07) is 12.9. The van der Waals surface area contributed by atoms with Crippen molar-refractivity contribution >= 4 is 39.1 Å². The van der Waals surface area contributed by atoms with E-state index in [1.54, 1.807) is 6.07 Å². The van der Waals surface area contributed by atoms with Gasteiger partial charge in [-0.05, 0) is 24.3 Å². The van der Waals surface area contributed by atoms with Crippen molar-refractivity contribution in [3.05, 3.63) is 52.7 Å². The molecule has 0 bridgehead atoms. The van der Waals surface area contributed by atoms with Crippen LogP contribution in [0.2, 0.25) is 0 Å². The highest BCUT2D eigenvalue weighted by atomic mass is 35.5. The lowest BCUT2D eigenvalue weighted by molar-refractivity contribution is 0.211. The van der Waals surface area contributed by atoms with Crippen LogP contribution in [0.25, 0.3) is 21.8 Å². The number of alkyl halides is 1. The summed E-state index contributed by atoms with van der Waals surface area (Å²) in [7, 11) is 0. The van der Waals surface area contributed by atoms with Crippen molar-refractivity contribution in [2.24, 2.45) is 0 Å². The van der Waals surface area contributed by atoms with Gasteiger partial charge in [-0.3, -0.25) is 4.79 Å². The maximum Gasteiger partial charge on any atom is 0.197 e. The molecule has 1 unspecified atom stereocenters. The summed E-state index contributed by atoms with van der Waals surface area (Å²) in [6.07, 6.45) is -0.630. The van der Waals surface area contributed by atoms with Gasteiger partial charge in [0.15, 0.2) is 5.43 Å². The van der Waals surface area contributed by atoms with Crippen molar-refractivity contribution in [2.45, 2.75) is 6.10 Å². The summed E-state index contributed by atoms with van der Waals surface area (Å²) in [6.45, 7) is 0.331. The highest BCUT2D eigenvalue weighted by Crippen LogP contribution is 2.22. The van der Waals surface area contributed by atoms with E-state index in [9.17, 15) is 9.90 Å². The molecule has 0 aliphatic carbocycles. The third kappa shape index (κ3) is 2.60. The number of anilines is 1. The number of aromatic amines is 1. The molecule has 108 valence electrons. The van der Waals surface area contributed by atoms with Crippen molar-refractivity contribution in [2.75, 3.05) is 17.7 Å². The Morgan fingerprint density at radius 3 is 2.71 bits per heavy atom. The van der Waals surface area contributed by atoms with Crippen LogP contribution < -0.4 is 10.7 Å². The molecule has 0 spiro atoms. The van der Waals surface area contributed by atoms with E-state index in [4.69, 9.17) is 11.6 Å². The molecule has 1 heterocycles. The lowest BCUT2D eigenvalue weighted by atomic mass is 10.1. The first-order valence-corrected chi connectivity index (χ1v) is 7.26. The fourth-order valence-electron chi connectivity index (χ4n) is 2.38. The molecule has 1 aromatic heterocycles. The van der Waals surface area contributed by atoms with Crippen LogP contribution in [0.5, 0.6) is 0 Å². The third-order valence-electron chi connectivity index (χ3n) is 3.45.